The van der Waals surface area contributed by atoms with Crippen molar-refractivity contribution < 1.29 is 192 Å². The van der Waals surface area contributed by atoms with Crippen molar-refractivity contribution in [3.05, 3.63) is 48.3 Å². The molecule has 2 heterocycles. The Hall–Kier alpha value is 1.79. The van der Waals surface area contributed by atoms with Gasteiger partial charge in [0, 0.05) is 5.97 Å². The van der Waals surface area contributed by atoms with Crippen LogP contribution in [0.1, 0.15) is 21.1 Å². The molecule has 0 fully saturated rings. The molecule has 22 heavy (non-hydrogen) atoms. The van der Waals surface area contributed by atoms with Gasteiger partial charge in [-0.1, -0.05) is 0 Å². The Morgan fingerprint density at radius 2 is 1.50 bits per heavy atom. The molecule has 0 atom stereocenters. The van der Waals surface area contributed by atoms with E-state index in [-0.39, 0.29) is 172 Å². The number of furan rings is 2. The van der Waals surface area contributed by atoms with Crippen LogP contribution in [0.2, 0.25) is 0 Å². The van der Waals surface area contributed by atoms with E-state index in [2.05, 4.69) is 15.1 Å². The first-order chi connectivity index (χ1) is 9.02. The maximum atomic E-state index is 9.86. The summed E-state index contributed by atoms with van der Waals surface area (Å²) in [5, 5.41) is 19.7. The third kappa shape index (κ3) is 16.6. The molecule has 0 radical (unpaired) electrons. The van der Waals surface area contributed by atoms with Crippen LogP contribution in [0, 0.1) is 6.26 Å². The number of hydrogen-bond donors (Lipinski definition) is 0. The van der Waals surface area contributed by atoms with Crippen LogP contribution in [0.4, 0.5) is 0 Å². The molecule has 0 N–H and O–H groups in total. The molecule has 2 aromatic heterocycles. The Balaban J connectivity index is -0.000000112. The van der Waals surface area contributed by atoms with E-state index in [1.54, 1.807) is 0 Å². The van der Waals surface area contributed by atoms with Crippen LogP contribution in [0.3, 0.4) is 0 Å². The zero-order valence-electron chi connectivity index (χ0n) is 12.2. The number of carboxylic acids is 2. The SMILES string of the molecule is O=C([O-])c1cc[c-]o1.O=C([O-])c1ccco1.O=C=O.[K+].[K+].[K+]. The summed E-state index contributed by atoms with van der Waals surface area (Å²) < 4.78 is 8.74. The van der Waals surface area contributed by atoms with Gasteiger partial charge in [0.2, 0.25) is 0 Å². The second-order valence-electron chi connectivity index (χ2n) is 2.55. The van der Waals surface area contributed by atoms with Gasteiger partial charge in [0.25, 0.3) is 0 Å². The maximum Gasteiger partial charge on any atom is 1.00 e. The van der Waals surface area contributed by atoms with Crippen molar-refractivity contribution >= 4 is 18.1 Å². The van der Waals surface area contributed by atoms with Crippen LogP contribution in [0.5, 0.6) is 0 Å². The zero-order chi connectivity index (χ0) is 14.7. The molecule has 0 unspecified atom stereocenters. The van der Waals surface area contributed by atoms with Gasteiger partial charge in [-0.2, -0.15) is 15.7 Å². The Bertz CT molecular complexity index is 485. The summed E-state index contributed by atoms with van der Waals surface area (Å²) in [5.41, 5.74) is 0. The van der Waals surface area contributed by atoms with Gasteiger partial charge in [-0.25, -0.2) is 0 Å². The molecule has 2 rings (SSSR count). The van der Waals surface area contributed by atoms with Gasteiger partial charge in [0.1, 0.15) is 11.7 Å². The van der Waals surface area contributed by atoms with Crippen molar-refractivity contribution in [1.82, 2.24) is 0 Å². The molecular formula is C11H5K3O8. The molecule has 8 nitrogen and oxygen atoms in total. The third-order valence-corrected chi connectivity index (χ3v) is 1.40. The minimum absolute atomic E-state index is 0. The van der Waals surface area contributed by atoms with Crippen molar-refractivity contribution in [2.45, 2.75) is 0 Å². The van der Waals surface area contributed by atoms with Crippen molar-refractivity contribution in [1.29, 1.82) is 0 Å². The summed E-state index contributed by atoms with van der Waals surface area (Å²) in [4.78, 5) is 35.9. The normalized spacial score (nSPS) is 6.91. The topological polar surface area (TPSA) is 141 Å². The van der Waals surface area contributed by atoms with Gasteiger partial charge in [-0.15, -0.1) is 6.07 Å². The van der Waals surface area contributed by atoms with Crippen LogP contribution in [0.25, 0.3) is 0 Å². The zero-order valence-corrected chi connectivity index (χ0v) is 21.5. The molecule has 100 valence electrons. The van der Waals surface area contributed by atoms with E-state index in [4.69, 9.17) is 9.59 Å². The van der Waals surface area contributed by atoms with Gasteiger partial charge >= 0.3 is 160 Å². The van der Waals surface area contributed by atoms with Crippen LogP contribution >= 0.6 is 0 Å². The first-order valence-corrected chi connectivity index (χ1v) is 4.44. The van der Waals surface area contributed by atoms with Crippen LogP contribution in [-0.2, 0) is 9.59 Å². The fourth-order valence-corrected chi connectivity index (χ4v) is 0.746. The number of rotatable bonds is 2. The number of carbonyl (C=O) groups excluding carboxylic acids is 4. The molecule has 0 aromatic carbocycles. The van der Waals surface area contributed by atoms with E-state index in [1.165, 1.54) is 30.5 Å². The van der Waals surface area contributed by atoms with Crippen molar-refractivity contribution in [2.75, 3.05) is 0 Å². The van der Waals surface area contributed by atoms with E-state index >= 15 is 0 Å². The molecule has 2 aromatic rings. The smallest absolute Gasteiger partial charge is 0.590 e. The molecule has 0 bridgehead atoms. The number of carbonyl (C=O) groups is 2. The third-order valence-electron chi connectivity index (χ3n) is 1.40. The fourth-order valence-electron chi connectivity index (χ4n) is 0.746. The predicted octanol–water partition coefficient (Wildman–Crippen LogP) is -10.5. The number of hydrogen-bond acceptors (Lipinski definition) is 8. The molecule has 0 saturated carbocycles. The second kappa shape index (κ2) is 20.8. The first-order valence-electron chi connectivity index (χ1n) is 4.44. The Morgan fingerprint density at radius 1 is 1.00 bits per heavy atom. The molecule has 0 aliphatic rings. The Kier molecular flexibility index (Phi) is 29.9. The van der Waals surface area contributed by atoms with Gasteiger partial charge in [0.05, 0.1) is 6.26 Å². The largest absolute Gasteiger partial charge is 1.00 e. The number of aromatic carboxylic acids is 2. The van der Waals surface area contributed by atoms with E-state index in [0.717, 1.165) is 0 Å². The summed E-state index contributed by atoms with van der Waals surface area (Å²) in [6.45, 7) is 0. The van der Waals surface area contributed by atoms with E-state index < -0.39 is 11.9 Å². The first kappa shape index (κ1) is 31.5. The Morgan fingerprint density at radius 3 is 1.68 bits per heavy atom. The summed E-state index contributed by atoms with van der Waals surface area (Å²) in [7, 11) is 0. The Labute approximate surface area is 252 Å². The minimum Gasteiger partial charge on any atom is -0.590 e. The molecule has 0 aliphatic carbocycles. The number of carboxylic acid groups (broad SMARTS) is 2. The van der Waals surface area contributed by atoms with Crippen LogP contribution < -0.4 is 164 Å². The van der Waals surface area contributed by atoms with Crippen molar-refractivity contribution in [3.63, 3.8) is 0 Å². The predicted molar refractivity (Wildman–Crippen MR) is 49.9 cm³/mol. The summed E-state index contributed by atoms with van der Waals surface area (Å²) in [6.07, 6.45) is 3.75. The van der Waals surface area contributed by atoms with Crippen molar-refractivity contribution in [3.8, 4) is 0 Å². The van der Waals surface area contributed by atoms with Gasteiger partial charge in [-0.3, -0.25) is 0 Å². The molecule has 0 saturated heterocycles. The van der Waals surface area contributed by atoms with E-state index in [1.807, 2.05) is 0 Å². The quantitative estimate of drug-likeness (QED) is 0.368. The average molecular weight is 382 g/mol. The molecule has 11 heteroatoms. The molecule has 0 spiro atoms. The van der Waals surface area contributed by atoms with E-state index in [0.29, 0.717) is 0 Å². The van der Waals surface area contributed by atoms with Gasteiger partial charge in [-0.05, 0) is 24.2 Å². The van der Waals surface area contributed by atoms with Gasteiger partial charge < -0.3 is 28.6 Å². The summed E-state index contributed by atoms with van der Waals surface area (Å²) in [6, 6.07) is 5.46. The van der Waals surface area contributed by atoms with Crippen LogP contribution in [-0.4, -0.2) is 18.1 Å². The fraction of sp³-hybridized carbons (Fsp3) is 0. The van der Waals surface area contributed by atoms with Crippen LogP contribution in [0.15, 0.2) is 39.4 Å². The molecular weight excluding hydrogens is 377 g/mol. The second-order valence-corrected chi connectivity index (χ2v) is 2.55. The minimum atomic E-state index is -1.31. The van der Waals surface area contributed by atoms with E-state index in [9.17, 15) is 19.8 Å². The average Bonchev–Trinajstić information content (AvgIpc) is 3.05. The summed E-state index contributed by atoms with van der Waals surface area (Å²) >= 11 is 0. The molecule has 0 amide bonds. The maximum absolute atomic E-state index is 9.86. The van der Waals surface area contributed by atoms with Gasteiger partial charge in [0.15, 0.2) is 0 Å². The molecule has 0 aliphatic heterocycles. The summed E-state index contributed by atoms with van der Waals surface area (Å²) in [5.74, 6) is -2.92. The van der Waals surface area contributed by atoms with Crippen molar-refractivity contribution in [2.24, 2.45) is 0 Å². The monoisotopic (exact) mass is 382 g/mol. The standard InChI is InChI=1S/C5H4O3.C5H3O3.CO2.3K/c2*6-5(7)4-2-1-3-8-4;2-1-3;;;/h1-3H,(H,6,7);1-2H,(H,6,7);;;;/q;-1;;3*+1/p-2.